The van der Waals surface area contributed by atoms with Gasteiger partial charge in [0.25, 0.3) is 0 Å². The maximum Gasteiger partial charge on any atom is 0.221 e. The normalized spacial score (nSPS) is 10.2. The van der Waals surface area contributed by atoms with Crippen LogP contribution in [0.3, 0.4) is 0 Å². The van der Waals surface area contributed by atoms with E-state index in [0.717, 1.165) is 15.6 Å². The van der Waals surface area contributed by atoms with Crippen molar-refractivity contribution in [2.45, 2.75) is 13.8 Å². The molecule has 0 saturated heterocycles. The number of anilines is 1. The molecule has 0 atom stereocenters. The SMILES string of the molecule is CC(=O)Nc1ccc(Br)cc1C(=N)c1ccccc1C. The summed E-state index contributed by atoms with van der Waals surface area (Å²) < 4.78 is 0.875. The number of hydrogen-bond acceptors (Lipinski definition) is 2. The average Bonchev–Trinajstić information content (AvgIpc) is 2.40. The standard InChI is InChI=1S/C16H15BrN2O/c1-10-5-3-4-6-13(10)16(18)14-9-12(17)7-8-15(14)19-11(2)20/h3-9,18H,1-2H3,(H,19,20). The van der Waals surface area contributed by atoms with E-state index in [1.165, 1.54) is 6.92 Å². The van der Waals surface area contributed by atoms with Crippen LogP contribution in [-0.4, -0.2) is 11.6 Å². The van der Waals surface area contributed by atoms with Gasteiger partial charge in [0.05, 0.1) is 11.4 Å². The van der Waals surface area contributed by atoms with E-state index in [2.05, 4.69) is 21.2 Å². The molecule has 0 unspecified atom stereocenters. The van der Waals surface area contributed by atoms with E-state index in [9.17, 15) is 4.79 Å². The zero-order chi connectivity index (χ0) is 14.7. The number of aryl methyl sites for hydroxylation is 1. The van der Waals surface area contributed by atoms with Crippen molar-refractivity contribution in [1.82, 2.24) is 0 Å². The number of benzene rings is 2. The van der Waals surface area contributed by atoms with Gasteiger partial charge in [-0.15, -0.1) is 0 Å². The molecular formula is C16H15BrN2O. The lowest BCUT2D eigenvalue weighted by Gasteiger charge is -2.13. The minimum absolute atomic E-state index is 0.147. The zero-order valence-electron chi connectivity index (χ0n) is 11.3. The van der Waals surface area contributed by atoms with Gasteiger partial charge in [-0.2, -0.15) is 0 Å². The first-order chi connectivity index (χ1) is 9.49. The van der Waals surface area contributed by atoms with Gasteiger partial charge in [-0.25, -0.2) is 0 Å². The summed E-state index contributed by atoms with van der Waals surface area (Å²) in [6.45, 7) is 3.43. The Morgan fingerprint density at radius 1 is 1.15 bits per heavy atom. The van der Waals surface area contributed by atoms with Crippen LogP contribution in [-0.2, 0) is 4.79 Å². The number of hydrogen-bond donors (Lipinski definition) is 2. The quantitative estimate of drug-likeness (QED) is 0.816. The summed E-state index contributed by atoms with van der Waals surface area (Å²) >= 11 is 3.41. The second kappa shape index (κ2) is 6.01. The third-order valence-corrected chi connectivity index (χ3v) is 3.47. The van der Waals surface area contributed by atoms with Gasteiger partial charge < -0.3 is 5.32 Å². The molecule has 0 saturated carbocycles. The van der Waals surface area contributed by atoms with Gasteiger partial charge in [0, 0.05) is 22.5 Å². The molecule has 0 heterocycles. The summed E-state index contributed by atoms with van der Waals surface area (Å²) in [6.07, 6.45) is 0. The van der Waals surface area contributed by atoms with Crippen LogP contribution in [0.25, 0.3) is 0 Å². The van der Waals surface area contributed by atoms with Crippen LogP contribution in [0.1, 0.15) is 23.6 Å². The van der Waals surface area contributed by atoms with E-state index in [1.807, 2.05) is 43.3 Å². The molecule has 0 aliphatic rings. The number of rotatable bonds is 3. The summed E-state index contributed by atoms with van der Waals surface area (Å²) in [5, 5.41) is 11.2. The molecule has 0 aliphatic carbocycles. The fourth-order valence-electron chi connectivity index (χ4n) is 2.02. The summed E-state index contributed by atoms with van der Waals surface area (Å²) in [7, 11) is 0. The number of carbonyl (C=O) groups excluding carboxylic acids is 1. The van der Waals surface area contributed by atoms with E-state index < -0.39 is 0 Å². The summed E-state index contributed by atoms with van der Waals surface area (Å²) in [5.74, 6) is -0.147. The molecule has 0 aliphatic heterocycles. The van der Waals surface area contributed by atoms with Crippen molar-refractivity contribution in [2.75, 3.05) is 5.32 Å². The van der Waals surface area contributed by atoms with Gasteiger partial charge in [0.1, 0.15) is 0 Å². The lowest BCUT2D eigenvalue weighted by Crippen LogP contribution is -2.12. The first-order valence-electron chi connectivity index (χ1n) is 6.21. The molecule has 0 radical (unpaired) electrons. The second-order valence-corrected chi connectivity index (χ2v) is 5.48. The molecular weight excluding hydrogens is 316 g/mol. The minimum atomic E-state index is -0.147. The maximum atomic E-state index is 11.3. The van der Waals surface area contributed by atoms with Crippen molar-refractivity contribution < 1.29 is 4.79 Å². The van der Waals surface area contributed by atoms with Gasteiger partial charge in [-0.3, -0.25) is 10.2 Å². The maximum absolute atomic E-state index is 11.3. The zero-order valence-corrected chi connectivity index (χ0v) is 12.9. The predicted molar refractivity (Wildman–Crippen MR) is 85.6 cm³/mol. The van der Waals surface area contributed by atoms with Crippen LogP contribution in [0.5, 0.6) is 0 Å². The van der Waals surface area contributed by atoms with Gasteiger partial charge in [-0.1, -0.05) is 40.2 Å². The largest absolute Gasteiger partial charge is 0.326 e. The lowest BCUT2D eigenvalue weighted by atomic mass is 9.97. The molecule has 0 bridgehead atoms. The van der Waals surface area contributed by atoms with Crippen LogP contribution in [0.15, 0.2) is 46.9 Å². The van der Waals surface area contributed by atoms with Gasteiger partial charge in [-0.05, 0) is 30.7 Å². The van der Waals surface area contributed by atoms with E-state index in [4.69, 9.17) is 5.41 Å². The first-order valence-corrected chi connectivity index (χ1v) is 7.00. The molecule has 102 valence electrons. The molecule has 2 rings (SSSR count). The smallest absolute Gasteiger partial charge is 0.221 e. The third kappa shape index (κ3) is 3.14. The van der Waals surface area contributed by atoms with E-state index in [-0.39, 0.29) is 5.91 Å². The molecule has 4 heteroatoms. The molecule has 20 heavy (non-hydrogen) atoms. The summed E-state index contributed by atoms with van der Waals surface area (Å²) in [5.41, 5.74) is 3.63. The van der Waals surface area contributed by atoms with Crippen molar-refractivity contribution in [3.8, 4) is 0 Å². The van der Waals surface area contributed by atoms with Gasteiger partial charge in [0.2, 0.25) is 5.91 Å². The number of nitrogens with one attached hydrogen (secondary N) is 2. The Hall–Kier alpha value is -1.94. The van der Waals surface area contributed by atoms with Crippen molar-refractivity contribution in [3.05, 3.63) is 63.6 Å². The highest BCUT2D eigenvalue weighted by Crippen LogP contribution is 2.25. The van der Waals surface area contributed by atoms with Crippen LogP contribution in [0.4, 0.5) is 5.69 Å². The Bertz CT molecular complexity index is 680. The monoisotopic (exact) mass is 330 g/mol. The average molecular weight is 331 g/mol. The topological polar surface area (TPSA) is 53.0 Å². The summed E-state index contributed by atoms with van der Waals surface area (Å²) in [6, 6.07) is 13.2. The van der Waals surface area contributed by atoms with Crippen LogP contribution >= 0.6 is 15.9 Å². The van der Waals surface area contributed by atoms with Crippen molar-refractivity contribution in [1.29, 1.82) is 5.41 Å². The Morgan fingerprint density at radius 2 is 1.85 bits per heavy atom. The minimum Gasteiger partial charge on any atom is -0.326 e. The van der Waals surface area contributed by atoms with E-state index >= 15 is 0 Å². The van der Waals surface area contributed by atoms with Crippen molar-refractivity contribution in [2.24, 2.45) is 0 Å². The Kier molecular flexibility index (Phi) is 4.35. The van der Waals surface area contributed by atoms with Gasteiger partial charge >= 0.3 is 0 Å². The Morgan fingerprint density at radius 3 is 2.50 bits per heavy atom. The second-order valence-electron chi connectivity index (χ2n) is 4.56. The highest BCUT2D eigenvalue weighted by molar-refractivity contribution is 9.10. The molecule has 0 fully saturated rings. The number of halogens is 1. The third-order valence-electron chi connectivity index (χ3n) is 2.98. The van der Waals surface area contributed by atoms with E-state index in [0.29, 0.717) is 17.0 Å². The molecule has 0 spiro atoms. The van der Waals surface area contributed by atoms with Crippen LogP contribution in [0, 0.1) is 12.3 Å². The van der Waals surface area contributed by atoms with E-state index in [1.54, 1.807) is 6.07 Å². The Balaban J connectivity index is 2.51. The molecule has 3 nitrogen and oxygen atoms in total. The Labute approximate surface area is 126 Å². The van der Waals surface area contributed by atoms with Crippen molar-refractivity contribution in [3.63, 3.8) is 0 Å². The number of amides is 1. The van der Waals surface area contributed by atoms with Crippen LogP contribution in [0.2, 0.25) is 0 Å². The molecule has 1 amide bonds. The predicted octanol–water partition coefficient (Wildman–Crippen LogP) is 4.13. The summed E-state index contributed by atoms with van der Waals surface area (Å²) in [4.78, 5) is 11.3. The molecule has 2 aromatic carbocycles. The first kappa shape index (κ1) is 14.5. The fraction of sp³-hybridized carbons (Fsp3) is 0.125. The van der Waals surface area contributed by atoms with Crippen LogP contribution < -0.4 is 5.32 Å². The van der Waals surface area contributed by atoms with Crippen molar-refractivity contribution >= 4 is 33.2 Å². The molecule has 2 N–H and O–H groups in total. The fourth-order valence-corrected chi connectivity index (χ4v) is 2.38. The molecule has 2 aromatic rings. The molecule has 0 aromatic heterocycles. The lowest BCUT2D eigenvalue weighted by molar-refractivity contribution is -0.114. The number of carbonyl (C=O) groups is 1. The highest BCUT2D eigenvalue weighted by Gasteiger charge is 2.13. The highest BCUT2D eigenvalue weighted by atomic mass is 79.9. The van der Waals surface area contributed by atoms with Gasteiger partial charge in [0.15, 0.2) is 0 Å².